The molecule has 0 spiro atoms. The fourth-order valence-electron chi connectivity index (χ4n) is 2.60. The molecule has 1 aliphatic carbocycles. The van der Waals surface area contributed by atoms with E-state index in [2.05, 4.69) is 26.0 Å². The van der Waals surface area contributed by atoms with Gasteiger partial charge in [0.2, 0.25) is 0 Å². The minimum Gasteiger partial charge on any atom is -0.0882 e. The number of rotatable bonds is 11. The normalized spacial score (nSPS) is 17.8. The Bertz CT molecular complexity index is 188. The molecular formula is C17H32. The van der Waals surface area contributed by atoms with Crippen LogP contribution in [-0.2, 0) is 0 Å². The van der Waals surface area contributed by atoms with Crippen LogP contribution in [0.1, 0.15) is 84.5 Å². The van der Waals surface area contributed by atoms with Gasteiger partial charge in [-0.2, -0.15) is 0 Å². The lowest BCUT2D eigenvalue weighted by Crippen LogP contribution is -1.99. The number of allylic oxidation sites excluding steroid dienone is 2. The average molecular weight is 236 g/mol. The van der Waals surface area contributed by atoms with Gasteiger partial charge in [0.1, 0.15) is 0 Å². The van der Waals surface area contributed by atoms with Crippen molar-refractivity contribution in [2.24, 2.45) is 11.8 Å². The third-order valence-corrected chi connectivity index (χ3v) is 3.98. The first kappa shape index (κ1) is 14.8. The van der Waals surface area contributed by atoms with Crippen LogP contribution in [0.4, 0.5) is 0 Å². The molecule has 0 aromatic carbocycles. The quantitative estimate of drug-likeness (QED) is 0.299. The molecule has 0 saturated heterocycles. The van der Waals surface area contributed by atoms with Gasteiger partial charge in [0, 0.05) is 0 Å². The summed E-state index contributed by atoms with van der Waals surface area (Å²) >= 11 is 0. The Hall–Kier alpha value is -0.260. The Labute approximate surface area is 109 Å². The molecule has 1 fully saturated rings. The van der Waals surface area contributed by atoms with E-state index in [0.29, 0.717) is 0 Å². The minimum absolute atomic E-state index is 0.924. The summed E-state index contributed by atoms with van der Waals surface area (Å²) in [6.45, 7) is 4.59. The lowest BCUT2D eigenvalue weighted by atomic mass is 9.95. The zero-order valence-corrected chi connectivity index (χ0v) is 12.1. The van der Waals surface area contributed by atoms with E-state index in [-0.39, 0.29) is 0 Å². The molecule has 1 atom stereocenters. The second-order valence-electron chi connectivity index (χ2n) is 5.77. The summed E-state index contributed by atoms with van der Waals surface area (Å²) in [6.07, 6.45) is 20.6. The van der Waals surface area contributed by atoms with Crippen molar-refractivity contribution in [1.29, 1.82) is 0 Å². The van der Waals surface area contributed by atoms with Gasteiger partial charge in [-0.15, -0.1) is 0 Å². The first-order valence-corrected chi connectivity index (χ1v) is 8.05. The van der Waals surface area contributed by atoms with E-state index in [1.54, 1.807) is 0 Å². The zero-order valence-electron chi connectivity index (χ0n) is 12.1. The second kappa shape index (κ2) is 9.74. The minimum atomic E-state index is 0.924. The van der Waals surface area contributed by atoms with Crippen molar-refractivity contribution in [3.63, 3.8) is 0 Å². The van der Waals surface area contributed by atoms with Gasteiger partial charge in [-0.3, -0.25) is 0 Å². The molecule has 17 heavy (non-hydrogen) atoms. The van der Waals surface area contributed by atoms with Crippen molar-refractivity contribution in [3.8, 4) is 0 Å². The van der Waals surface area contributed by atoms with E-state index >= 15 is 0 Å². The summed E-state index contributed by atoms with van der Waals surface area (Å²) in [4.78, 5) is 0. The first-order valence-electron chi connectivity index (χ1n) is 8.05. The van der Waals surface area contributed by atoms with Crippen molar-refractivity contribution in [3.05, 3.63) is 12.2 Å². The summed E-state index contributed by atoms with van der Waals surface area (Å²) < 4.78 is 0. The smallest absolute Gasteiger partial charge is 0.0205 e. The van der Waals surface area contributed by atoms with Crippen LogP contribution in [0.25, 0.3) is 0 Å². The molecule has 0 bridgehead atoms. The van der Waals surface area contributed by atoms with Crippen LogP contribution in [0.15, 0.2) is 12.2 Å². The van der Waals surface area contributed by atoms with E-state index in [1.807, 2.05) is 0 Å². The number of unbranched alkanes of at least 4 members (excludes halogenated alkanes) is 6. The van der Waals surface area contributed by atoms with E-state index in [1.165, 1.54) is 70.6 Å². The van der Waals surface area contributed by atoms with Crippen LogP contribution >= 0.6 is 0 Å². The first-order chi connectivity index (χ1) is 8.38. The van der Waals surface area contributed by atoms with Gasteiger partial charge in [-0.25, -0.2) is 0 Å². The van der Waals surface area contributed by atoms with Crippen molar-refractivity contribution in [2.45, 2.75) is 84.5 Å². The highest BCUT2D eigenvalue weighted by Crippen LogP contribution is 2.40. The maximum Gasteiger partial charge on any atom is -0.0205 e. The lowest BCUT2D eigenvalue weighted by Gasteiger charge is -2.10. The fraction of sp³-hybridized carbons (Fsp3) is 0.882. The average Bonchev–Trinajstić information content (AvgIpc) is 3.15. The van der Waals surface area contributed by atoms with Crippen LogP contribution in [-0.4, -0.2) is 0 Å². The Morgan fingerprint density at radius 1 is 0.941 bits per heavy atom. The molecule has 0 N–H and O–H groups in total. The predicted octanol–water partition coefficient (Wildman–Crippen LogP) is 6.12. The van der Waals surface area contributed by atoms with Gasteiger partial charge in [0.25, 0.3) is 0 Å². The fourth-order valence-corrected chi connectivity index (χ4v) is 2.60. The van der Waals surface area contributed by atoms with Gasteiger partial charge in [-0.1, -0.05) is 64.5 Å². The van der Waals surface area contributed by atoms with Gasteiger partial charge in [-0.05, 0) is 43.9 Å². The van der Waals surface area contributed by atoms with Gasteiger partial charge >= 0.3 is 0 Å². The van der Waals surface area contributed by atoms with Crippen LogP contribution < -0.4 is 0 Å². The monoisotopic (exact) mass is 236 g/mol. The third-order valence-electron chi connectivity index (χ3n) is 3.98. The Morgan fingerprint density at radius 3 is 2.29 bits per heavy atom. The summed E-state index contributed by atoms with van der Waals surface area (Å²) in [5.41, 5.74) is 0. The summed E-state index contributed by atoms with van der Waals surface area (Å²) in [5.74, 6) is 1.98. The molecule has 1 aliphatic rings. The molecule has 0 amide bonds. The van der Waals surface area contributed by atoms with E-state index in [4.69, 9.17) is 0 Å². The second-order valence-corrected chi connectivity index (χ2v) is 5.77. The SMILES string of the molecule is CCCCCCC=CC(CCCCC)C1CC1. The number of hydrogen-bond acceptors (Lipinski definition) is 0. The van der Waals surface area contributed by atoms with Crippen LogP contribution in [0, 0.1) is 11.8 Å². The van der Waals surface area contributed by atoms with E-state index in [0.717, 1.165) is 11.8 Å². The maximum absolute atomic E-state index is 2.55. The van der Waals surface area contributed by atoms with Crippen molar-refractivity contribution < 1.29 is 0 Å². The predicted molar refractivity (Wildman–Crippen MR) is 78.3 cm³/mol. The standard InChI is InChI=1S/C17H32/c1-3-5-7-8-9-11-13-16(17-14-15-17)12-10-6-4-2/h11,13,16-17H,3-10,12,14-15H2,1-2H3. The van der Waals surface area contributed by atoms with Crippen LogP contribution in [0.3, 0.4) is 0 Å². The van der Waals surface area contributed by atoms with Crippen molar-refractivity contribution in [2.75, 3.05) is 0 Å². The molecule has 0 aromatic heterocycles. The Kier molecular flexibility index (Phi) is 8.48. The Balaban J connectivity index is 2.08. The highest BCUT2D eigenvalue weighted by atomic mass is 14.3. The molecular weight excluding hydrogens is 204 g/mol. The molecule has 0 aromatic rings. The van der Waals surface area contributed by atoms with Crippen LogP contribution in [0.2, 0.25) is 0 Å². The van der Waals surface area contributed by atoms with Gasteiger partial charge in [0.05, 0.1) is 0 Å². The highest BCUT2D eigenvalue weighted by Gasteiger charge is 2.28. The van der Waals surface area contributed by atoms with E-state index in [9.17, 15) is 0 Å². The van der Waals surface area contributed by atoms with Gasteiger partial charge < -0.3 is 0 Å². The number of hydrogen-bond donors (Lipinski definition) is 0. The third kappa shape index (κ3) is 7.63. The molecule has 0 aliphatic heterocycles. The topological polar surface area (TPSA) is 0 Å². The molecule has 100 valence electrons. The summed E-state index contributed by atoms with van der Waals surface area (Å²) in [7, 11) is 0. The largest absolute Gasteiger partial charge is 0.0882 e. The molecule has 1 saturated carbocycles. The zero-order chi connectivity index (χ0) is 12.3. The summed E-state index contributed by atoms with van der Waals surface area (Å²) in [5, 5.41) is 0. The Morgan fingerprint density at radius 2 is 1.65 bits per heavy atom. The highest BCUT2D eigenvalue weighted by molar-refractivity contribution is 4.96. The van der Waals surface area contributed by atoms with Gasteiger partial charge in [0.15, 0.2) is 0 Å². The molecule has 1 unspecified atom stereocenters. The van der Waals surface area contributed by atoms with Crippen molar-refractivity contribution >= 4 is 0 Å². The molecule has 1 rings (SSSR count). The lowest BCUT2D eigenvalue weighted by molar-refractivity contribution is 0.488. The van der Waals surface area contributed by atoms with E-state index < -0.39 is 0 Å². The molecule has 0 heterocycles. The van der Waals surface area contributed by atoms with Crippen molar-refractivity contribution in [1.82, 2.24) is 0 Å². The summed E-state index contributed by atoms with van der Waals surface area (Å²) in [6, 6.07) is 0. The molecule has 0 heteroatoms. The maximum atomic E-state index is 2.55. The molecule has 0 nitrogen and oxygen atoms in total. The molecule has 0 radical (unpaired) electrons. The van der Waals surface area contributed by atoms with Crippen LogP contribution in [0.5, 0.6) is 0 Å².